The van der Waals surface area contributed by atoms with Crippen LogP contribution in [0.2, 0.25) is 0 Å². The Hall–Kier alpha value is -1.54. The van der Waals surface area contributed by atoms with Gasteiger partial charge in [0.25, 0.3) is 0 Å². The van der Waals surface area contributed by atoms with Gasteiger partial charge in [-0.2, -0.15) is 21.6 Å². The Labute approximate surface area is 139 Å². The maximum atomic E-state index is 12.5. The number of benzene rings is 1. The van der Waals surface area contributed by atoms with E-state index in [0.717, 1.165) is 5.56 Å². The number of rotatable bonds is 4. The first-order chi connectivity index (χ1) is 11.2. The van der Waals surface area contributed by atoms with E-state index < -0.39 is 21.7 Å². The Bertz CT molecular complexity index is 696. The lowest BCUT2D eigenvalue weighted by Gasteiger charge is -2.33. The highest BCUT2D eigenvalue weighted by Gasteiger charge is 2.49. The van der Waals surface area contributed by atoms with Gasteiger partial charge in [0.05, 0.1) is 12.2 Å². The Kier molecular flexibility index (Phi) is 5.59. The highest BCUT2D eigenvalue weighted by Crippen LogP contribution is 2.38. The normalized spacial score (nSPS) is 24.5. The van der Waals surface area contributed by atoms with Crippen molar-refractivity contribution in [1.29, 1.82) is 0 Å². The van der Waals surface area contributed by atoms with Crippen LogP contribution in [0, 0.1) is 0 Å². The van der Waals surface area contributed by atoms with Gasteiger partial charge < -0.3 is 8.92 Å². The fraction of sp³-hybridized carbons (Fsp3) is 0.500. The lowest BCUT2D eigenvalue weighted by molar-refractivity contribution is -0.0530. The summed E-state index contributed by atoms with van der Waals surface area (Å²) < 4.78 is 69.9. The maximum Gasteiger partial charge on any atom is 0.534 e. The lowest BCUT2D eigenvalue weighted by atomic mass is 9.92. The highest BCUT2D eigenvalue weighted by atomic mass is 32.2. The van der Waals surface area contributed by atoms with Crippen LogP contribution in [0.3, 0.4) is 0 Å². The Morgan fingerprint density at radius 1 is 1.29 bits per heavy atom. The zero-order chi connectivity index (χ0) is 18.0. The number of hydrogen-bond donors (Lipinski definition) is 0. The smallest absolute Gasteiger partial charge is 0.381 e. The minimum absolute atomic E-state index is 0.174. The van der Waals surface area contributed by atoms with Crippen molar-refractivity contribution in [2.45, 2.75) is 50.8 Å². The third-order valence-electron chi connectivity index (χ3n) is 3.91. The molecule has 1 aromatic carbocycles. The van der Waals surface area contributed by atoms with Gasteiger partial charge in [-0.05, 0) is 37.3 Å². The molecule has 0 amide bonds. The summed E-state index contributed by atoms with van der Waals surface area (Å²) in [6, 6.07) is 9.49. The molecule has 134 valence electrons. The van der Waals surface area contributed by atoms with Crippen LogP contribution in [0.1, 0.15) is 44.8 Å². The van der Waals surface area contributed by atoms with Crippen molar-refractivity contribution in [3.05, 3.63) is 47.2 Å². The molecular formula is C16H19F3O4S. The van der Waals surface area contributed by atoms with Gasteiger partial charge in [0.1, 0.15) is 5.76 Å². The maximum absolute atomic E-state index is 12.5. The summed E-state index contributed by atoms with van der Waals surface area (Å²) in [5.41, 5.74) is -4.01. The van der Waals surface area contributed by atoms with Crippen molar-refractivity contribution in [1.82, 2.24) is 0 Å². The molecule has 1 aliphatic rings. The fourth-order valence-electron chi connectivity index (χ4n) is 2.72. The summed E-state index contributed by atoms with van der Waals surface area (Å²) in [6.45, 7) is 3.05. The molecule has 1 aromatic rings. The zero-order valence-electron chi connectivity index (χ0n) is 13.3. The van der Waals surface area contributed by atoms with E-state index in [1.54, 1.807) is 0 Å². The standard InChI is InChI=1S/C16H19F3O4S/c1-3-14-13(11(2)23-24(20,21)16(17,18)19)9-10-15(22-14)12-7-5-4-6-8-12/h4-8,14-15H,3,9-10H2,1-2H3/b13-11-. The van der Waals surface area contributed by atoms with Gasteiger partial charge in [-0.25, -0.2) is 0 Å². The fourth-order valence-corrected chi connectivity index (χ4v) is 3.25. The number of halogens is 3. The van der Waals surface area contributed by atoms with Gasteiger partial charge >= 0.3 is 15.6 Å². The van der Waals surface area contributed by atoms with E-state index in [0.29, 0.717) is 24.8 Å². The summed E-state index contributed by atoms with van der Waals surface area (Å²) in [5, 5.41) is 0. The Morgan fingerprint density at radius 3 is 2.46 bits per heavy atom. The average Bonchev–Trinajstić information content (AvgIpc) is 2.53. The summed E-state index contributed by atoms with van der Waals surface area (Å²) in [7, 11) is -5.66. The number of hydrogen-bond acceptors (Lipinski definition) is 4. The van der Waals surface area contributed by atoms with Crippen molar-refractivity contribution < 1.29 is 30.5 Å². The summed E-state index contributed by atoms with van der Waals surface area (Å²) in [5.74, 6) is -0.259. The van der Waals surface area contributed by atoms with Crippen LogP contribution in [-0.4, -0.2) is 20.0 Å². The third kappa shape index (κ3) is 4.10. The molecule has 0 spiro atoms. The van der Waals surface area contributed by atoms with E-state index in [-0.39, 0.29) is 11.9 Å². The van der Waals surface area contributed by atoms with Crippen LogP contribution >= 0.6 is 0 Å². The zero-order valence-corrected chi connectivity index (χ0v) is 14.2. The van der Waals surface area contributed by atoms with Gasteiger partial charge in [0, 0.05) is 0 Å². The predicted octanol–water partition coefficient (Wildman–Crippen LogP) is 4.46. The van der Waals surface area contributed by atoms with Gasteiger partial charge in [-0.1, -0.05) is 37.3 Å². The van der Waals surface area contributed by atoms with Crippen LogP contribution in [0.4, 0.5) is 13.2 Å². The van der Waals surface area contributed by atoms with E-state index in [2.05, 4.69) is 4.18 Å². The van der Waals surface area contributed by atoms with E-state index in [4.69, 9.17) is 4.74 Å². The second-order valence-corrected chi connectivity index (χ2v) is 7.07. The van der Waals surface area contributed by atoms with Crippen molar-refractivity contribution in [3.63, 3.8) is 0 Å². The van der Waals surface area contributed by atoms with Crippen molar-refractivity contribution in [2.75, 3.05) is 0 Å². The molecule has 1 heterocycles. The first-order valence-corrected chi connectivity index (χ1v) is 8.97. The van der Waals surface area contributed by atoms with Crippen LogP contribution < -0.4 is 0 Å². The second-order valence-electron chi connectivity index (χ2n) is 5.54. The molecule has 1 aliphatic heterocycles. The van der Waals surface area contributed by atoms with Crippen LogP contribution in [0.25, 0.3) is 0 Å². The van der Waals surface area contributed by atoms with Crippen LogP contribution in [0.15, 0.2) is 41.7 Å². The predicted molar refractivity (Wildman–Crippen MR) is 82.3 cm³/mol. The van der Waals surface area contributed by atoms with E-state index in [1.807, 2.05) is 37.3 Å². The molecule has 0 bridgehead atoms. The van der Waals surface area contributed by atoms with E-state index in [1.165, 1.54) is 6.92 Å². The average molecular weight is 364 g/mol. The van der Waals surface area contributed by atoms with Crippen molar-refractivity contribution >= 4 is 10.1 Å². The second kappa shape index (κ2) is 7.14. The molecule has 2 atom stereocenters. The molecular weight excluding hydrogens is 345 g/mol. The summed E-state index contributed by atoms with van der Waals surface area (Å²) in [6.07, 6.45) is 0.810. The number of ether oxygens (including phenoxy) is 1. The van der Waals surface area contributed by atoms with E-state index >= 15 is 0 Å². The van der Waals surface area contributed by atoms with Gasteiger partial charge in [0.15, 0.2) is 0 Å². The molecule has 0 aliphatic carbocycles. The Balaban J connectivity index is 2.20. The molecule has 0 radical (unpaired) electrons. The number of allylic oxidation sites excluding steroid dienone is 1. The molecule has 0 saturated carbocycles. The molecule has 1 saturated heterocycles. The first kappa shape index (κ1) is 18.8. The lowest BCUT2D eigenvalue weighted by Crippen LogP contribution is -2.29. The number of alkyl halides is 3. The molecule has 8 heteroatoms. The molecule has 2 unspecified atom stereocenters. The van der Waals surface area contributed by atoms with Gasteiger partial charge in [-0.3, -0.25) is 0 Å². The molecule has 0 N–H and O–H groups in total. The van der Waals surface area contributed by atoms with Gasteiger partial charge in [0.2, 0.25) is 0 Å². The largest absolute Gasteiger partial charge is 0.534 e. The molecule has 0 aromatic heterocycles. The molecule has 1 fully saturated rings. The molecule has 2 rings (SSSR count). The van der Waals surface area contributed by atoms with E-state index in [9.17, 15) is 21.6 Å². The van der Waals surface area contributed by atoms with Crippen molar-refractivity contribution in [2.24, 2.45) is 0 Å². The van der Waals surface area contributed by atoms with Crippen LogP contribution in [-0.2, 0) is 19.0 Å². The monoisotopic (exact) mass is 364 g/mol. The molecule has 24 heavy (non-hydrogen) atoms. The summed E-state index contributed by atoms with van der Waals surface area (Å²) in [4.78, 5) is 0. The van der Waals surface area contributed by atoms with Crippen LogP contribution in [0.5, 0.6) is 0 Å². The third-order valence-corrected chi connectivity index (χ3v) is 4.94. The quantitative estimate of drug-likeness (QED) is 0.450. The highest BCUT2D eigenvalue weighted by molar-refractivity contribution is 7.87. The van der Waals surface area contributed by atoms with Gasteiger partial charge in [-0.15, -0.1) is 0 Å². The molecule has 4 nitrogen and oxygen atoms in total. The minimum atomic E-state index is -5.66. The Morgan fingerprint density at radius 2 is 1.92 bits per heavy atom. The SMILES string of the molecule is CCC1OC(c2ccccc2)CC/C1=C(\C)OS(=O)(=O)C(F)(F)F. The first-order valence-electron chi connectivity index (χ1n) is 7.56. The minimum Gasteiger partial charge on any atom is -0.381 e. The van der Waals surface area contributed by atoms with Crippen molar-refractivity contribution in [3.8, 4) is 0 Å². The topological polar surface area (TPSA) is 52.6 Å². The summed E-state index contributed by atoms with van der Waals surface area (Å²) >= 11 is 0.